The molecule has 0 fully saturated rings. The number of hydrogen-bond acceptors (Lipinski definition) is 3. The van der Waals surface area contributed by atoms with Crippen LogP contribution in [0.5, 0.6) is 0 Å². The van der Waals surface area contributed by atoms with Gasteiger partial charge in [0.05, 0.1) is 29.6 Å². The molecular formula is C24H17BrF6N2O3. The van der Waals surface area contributed by atoms with Crippen LogP contribution < -0.4 is 5.32 Å². The maximum atomic E-state index is 13.5. The number of fused-ring (bicyclic) bond motifs is 1. The molecule has 2 amide bonds. The Morgan fingerprint density at radius 3 is 2.17 bits per heavy atom. The molecule has 190 valence electrons. The lowest BCUT2D eigenvalue weighted by Gasteiger charge is -2.40. The van der Waals surface area contributed by atoms with Crippen molar-refractivity contribution >= 4 is 27.7 Å². The van der Waals surface area contributed by atoms with Crippen LogP contribution in [0.4, 0.5) is 26.3 Å². The van der Waals surface area contributed by atoms with Crippen molar-refractivity contribution in [1.29, 1.82) is 0 Å². The Hall–Kier alpha value is -3.28. The van der Waals surface area contributed by atoms with Gasteiger partial charge in [0.1, 0.15) is 5.76 Å². The second-order valence-electron chi connectivity index (χ2n) is 8.19. The highest BCUT2D eigenvalue weighted by Crippen LogP contribution is 2.45. The van der Waals surface area contributed by atoms with Gasteiger partial charge in [0.25, 0.3) is 5.91 Å². The smallest absolute Gasteiger partial charge is 0.416 e. The third-order valence-corrected chi connectivity index (χ3v) is 6.31. The topological polar surface area (TPSA) is 62.6 Å². The van der Waals surface area contributed by atoms with E-state index in [1.807, 2.05) is 0 Å². The van der Waals surface area contributed by atoms with Gasteiger partial charge in [-0.3, -0.25) is 9.59 Å². The number of nitrogens with one attached hydrogen (secondary N) is 1. The van der Waals surface area contributed by atoms with Crippen molar-refractivity contribution in [3.05, 3.63) is 92.8 Å². The Labute approximate surface area is 209 Å². The van der Waals surface area contributed by atoms with Gasteiger partial charge in [-0.15, -0.1) is 0 Å². The molecule has 36 heavy (non-hydrogen) atoms. The summed E-state index contributed by atoms with van der Waals surface area (Å²) in [6.45, 7) is -0.0934. The molecule has 0 saturated heterocycles. The van der Waals surface area contributed by atoms with Crippen molar-refractivity contribution in [2.45, 2.75) is 30.9 Å². The average molecular weight is 575 g/mol. The van der Waals surface area contributed by atoms with Gasteiger partial charge in [0, 0.05) is 12.6 Å². The number of hydrogen-bond donors (Lipinski definition) is 1. The van der Waals surface area contributed by atoms with Crippen LogP contribution >= 0.6 is 15.9 Å². The molecule has 5 nitrogen and oxygen atoms in total. The molecular weight excluding hydrogens is 558 g/mol. The van der Waals surface area contributed by atoms with Crippen LogP contribution in [-0.4, -0.2) is 23.8 Å². The number of carbonyl (C=O) groups excluding carboxylic acids is 2. The van der Waals surface area contributed by atoms with E-state index in [1.165, 1.54) is 25.2 Å². The molecule has 1 aromatic heterocycles. The predicted molar refractivity (Wildman–Crippen MR) is 119 cm³/mol. The zero-order valence-electron chi connectivity index (χ0n) is 18.4. The minimum Gasteiger partial charge on any atom is -0.452 e. The molecule has 1 N–H and O–H groups in total. The van der Waals surface area contributed by atoms with Crippen molar-refractivity contribution in [3.63, 3.8) is 0 Å². The Morgan fingerprint density at radius 1 is 1.00 bits per heavy atom. The van der Waals surface area contributed by atoms with Crippen LogP contribution in [0.3, 0.4) is 0 Å². The molecule has 2 aromatic carbocycles. The number of likely N-dealkylation sites (N-methyl/N-ethyl adjacent to an activating group) is 1. The number of carbonyl (C=O) groups is 2. The Kier molecular flexibility index (Phi) is 6.67. The molecule has 2 unspecified atom stereocenters. The summed E-state index contributed by atoms with van der Waals surface area (Å²) in [6, 6.07) is 8.80. The van der Waals surface area contributed by atoms with Crippen molar-refractivity contribution in [2.24, 2.45) is 0 Å². The van der Waals surface area contributed by atoms with Crippen LogP contribution in [0.25, 0.3) is 0 Å². The van der Waals surface area contributed by atoms with E-state index in [0.29, 0.717) is 22.6 Å². The van der Waals surface area contributed by atoms with Crippen LogP contribution in [0.1, 0.15) is 50.3 Å². The summed E-state index contributed by atoms with van der Waals surface area (Å²) in [6.07, 6.45) is -10.2. The lowest BCUT2D eigenvalue weighted by atomic mass is 9.78. The molecule has 2 atom stereocenters. The highest BCUT2D eigenvalue weighted by molar-refractivity contribution is 9.10. The van der Waals surface area contributed by atoms with Gasteiger partial charge in [-0.2, -0.15) is 26.3 Å². The fourth-order valence-corrected chi connectivity index (χ4v) is 4.59. The summed E-state index contributed by atoms with van der Waals surface area (Å²) in [5.74, 6) is -2.28. The van der Waals surface area contributed by atoms with Crippen LogP contribution in [0.15, 0.2) is 63.7 Å². The second-order valence-corrected chi connectivity index (χ2v) is 8.97. The number of rotatable bonds is 4. The van der Waals surface area contributed by atoms with Crippen molar-refractivity contribution in [3.8, 4) is 0 Å². The number of halogens is 7. The molecule has 0 spiro atoms. The molecule has 0 saturated carbocycles. The Bertz CT molecular complexity index is 1290. The maximum absolute atomic E-state index is 13.5. The molecule has 4 rings (SSSR count). The molecule has 0 aliphatic carbocycles. The van der Waals surface area contributed by atoms with Crippen molar-refractivity contribution in [2.75, 3.05) is 7.05 Å². The zero-order chi connectivity index (χ0) is 26.4. The number of amides is 2. The summed E-state index contributed by atoms with van der Waals surface area (Å²) < 4.78 is 87.0. The minimum absolute atomic E-state index is 0.00589. The Balaban J connectivity index is 1.85. The first kappa shape index (κ1) is 25.8. The number of benzene rings is 2. The Morgan fingerprint density at radius 2 is 1.61 bits per heavy atom. The summed E-state index contributed by atoms with van der Waals surface area (Å²) >= 11 is 3.13. The van der Waals surface area contributed by atoms with Gasteiger partial charge in [0.2, 0.25) is 5.91 Å². The van der Waals surface area contributed by atoms with Gasteiger partial charge >= 0.3 is 12.4 Å². The minimum atomic E-state index is -5.09. The van der Waals surface area contributed by atoms with E-state index in [-0.39, 0.29) is 23.7 Å². The van der Waals surface area contributed by atoms with E-state index < -0.39 is 52.8 Å². The quantitative estimate of drug-likeness (QED) is 0.372. The normalized spacial score (nSPS) is 18.2. The predicted octanol–water partition coefficient (Wildman–Crippen LogP) is 6.31. The highest BCUT2D eigenvalue weighted by atomic mass is 79.9. The largest absolute Gasteiger partial charge is 0.452 e. The first-order valence-electron chi connectivity index (χ1n) is 10.4. The van der Waals surface area contributed by atoms with E-state index in [4.69, 9.17) is 4.42 Å². The highest BCUT2D eigenvalue weighted by Gasteiger charge is 2.45. The fraction of sp³-hybridized carbons (Fsp3) is 0.250. The number of alkyl halides is 6. The van der Waals surface area contributed by atoms with Crippen LogP contribution in [0, 0.1) is 0 Å². The molecule has 0 bridgehead atoms. The third kappa shape index (κ3) is 4.99. The van der Waals surface area contributed by atoms with E-state index in [2.05, 4.69) is 21.2 Å². The first-order valence-corrected chi connectivity index (χ1v) is 11.2. The summed E-state index contributed by atoms with van der Waals surface area (Å²) in [5, 5.41) is 2.61. The van der Waals surface area contributed by atoms with Gasteiger partial charge in [0.15, 0.2) is 4.67 Å². The van der Waals surface area contributed by atoms with E-state index >= 15 is 0 Å². The van der Waals surface area contributed by atoms with E-state index in [9.17, 15) is 35.9 Å². The van der Waals surface area contributed by atoms with E-state index in [1.54, 1.807) is 18.2 Å². The van der Waals surface area contributed by atoms with Crippen LogP contribution in [0.2, 0.25) is 0 Å². The molecule has 3 aromatic rings. The summed E-state index contributed by atoms with van der Waals surface area (Å²) in [4.78, 5) is 27.4. The number of nitrogens with zero attached hydrogens (tertiary/aromatic N) is 1. The monoisotopic (exact) mass is 574 g/mol. The second kappa shape index (κ2) is 9.30. The SMILES string of the molecule is CN1C(=O)c2ccccc2C(C(=O)NCc2ccc(Br)o2)C1c1cc(C(F)(F)F)cc(C(F)(F)F)c1. The molecule has 0 radical (unpaired) electrons. The lowest BCUT2D eigenvalue weighted by molar-refractivity contribution is -0.143. The average Bonchev–Trinajstić information content (AvgIpc) is 3.23. The summed E-state index contributed by atoms with van der Waals surface area (Å²) in [5.41, 5.74) is -3.23. The molecule has 12 heteroatoms. The number of furan rings is 1. The van der Waals surface area contributed by atoms with Gasteiger partial charge < -0.3 is 14.6 Å². The molecule has 1 aliphatic rings. The lowest BCUT2D eigenvalue weighted by Crippen LogP contribution is -2.45. The van der Waals surface area contributed by atoms with Gasteiger partial charge in [-0.25, -0.2) is 0 Å². The maximum Gasteiger partial charge on any atom is 0.416 e. The van der Waals surface area contributed by atoms with Crippen molar-refractivity contribution < 1.29 is 40.3 Å². The van der Waals surface area contributed by atoms with Gasteiger partial charge in [-0.1, -0.05) is 18.2 Å². The fourth-order valence-electron chi connectivity index (χ4n) is 4.25. The van der Waals surface area contributed by atoms with E-state index in [0.717, 1.165) is 4.90 Å². The first-order chi connectivity index (χ1) is 16.8. The van der Waals surface area contributed by atoms with Gasteiger partial charge in [-0.05, 0) is 63.5 Å². The molecule has 1 aliphatic heterocycles. The standard InChI is InChI=1S/C24H17BrF6N2O3/c1-33-20(12-8-13(23(26,27)28)10-14(9-12)24(29,30)31)19(16-4-2-3-5-17(16)22(33)35)21(34)32-11-15-6-7-18(25)36-15/h2-10,19-20H,11H2,1H3,(H,32,34). The molecule has 2 heterocycles. The summed E-state index contributed by atoms with van der Waals surface area (Å²) in [7, 11) is 1.24. The zero-order valence-corrected chi connectivity index (χ0v) is 20.0. The third-order valence-electron chi connectivity index (χ3n) is 5.88. The van der Waals surface area contributed by atoms with Crippen LogP contribution in [-0.2, 0) is 23.7 Å². The van der Waals surface area contributed by atoms with Crippen molar-refractivity contribution in [1.82, 2.24) is 10.2 Å².